The van der Waals surface area contributed by atoms with Crippen LogP contribution in [0.1, 0.15) is 17.4 Å². The smallest absolute Gasteiger partial charge is 0.325 e. The monoisotopic (exact) mass is 292 g/mol. The second kappa shape index (κ2) is 6.12. The van der Waals surface area contributed by atoms with E-state index in [2.05, 4.69) is 10.3 Å². The van der Waals surface area contributed by atoms with Crippen LogP contribution in [0.5, 0.6) is 0 Å². The Bertz CT molecular complexity index is 671. The first-order valence-corrected chi connectivity index (χ1v) is 6.20. The van der Waals surface area contributed by atoms with Crippen molar-refractivity contribution in [1.29, 1.82) is 0 Å². The van der Waals surface area contributed by atoms with Crippen molar-refractivity contribution in [3.63, 3.8) is 0 Å². The zero-order valence-electron chi connectivity index (χ0n) is 11.2. The number of benzene rings is 1. The number of hydrogen-bond donors (Lipinski definition) is 1. The lowest BCUT2D eigenvalue weighted by atomic mass is 10.2. The van der Waals surface area contributed by atoms with Gasteiger partial charge in [-0.3, -0.25) is 9.59 Å². The van der Waals surface area contributed by atoms with E-state index >= 15 is 0 Å². The number of anilines is 1. The second-order valence-corrected chi connectivity index (χ2v) is 4.22. The van der Waals surface area contributed by atoms with Crippen molar-refractivity contribution in [1.82, 2.24) is 15.0 Å². The van der Waals surface area contributed by atoms with Gasteiger partial charge in [-0.05, 0) is 25.1 Å². The summed E-state index contributed by atoms with van der Waals surface area (Å²) in [6.07, 6.45) is 1.25. The number of aromatic nitrogens is 3. The zero-order valence-corrected chi connectivity index (χ0v) is 11.2. The molecule has 0 aliphatic rings. The molecule has 0 atom stereocenters. The lowest BCUT2D eigenvalue weighted by molar-refractivity contribution is -0.137. The van der Waals surface area contributed by atoms with Crippen LogP contribution in [0.2, 0.25) is 0 Å². The highest BCUT2D eigenvalue weighted by Crippen LogP contribution is 2.17. The number of nitrogens with zero attached hydrogens (tertiary/aromatic N) is 4. The molecule has 1 amide bonds. The quantitative estimate of drug-likeness (QED) is 0.893. The highest BCUT2D eigenvalue weighted by molar-refractivity contribution is 6.04. The van der Waals surface area contributed by atoms with Gasteiger partial charge in [-0.25, -0.2) is 9.07 Å². The summed E-state index contributed by atoms with van der Waals surface area (Å²) in [6, 6.07) is 5.63. The van der Waals surface area contributed by atoms with Crippen molar-refractivity contribution in [3.05, 3.63) is 42.0 Å². The summed E-state index contributed by atoms with van der Waals surface area (Å²) in [5, 5.41) is 15.9. The first-order valence-electron chi connectivity index (χ1n) is 6.20. The van der Waals surface area contributed by atoms with Crippen LogP contribution in [0, 0.1) is 5.82 Å². The van der Waals surface area contributed by atoms with E-state index in [9.17, 15) is 14.0 Å². The maximum Gasteiger partial charge on any atom is 0.325 e. The number of carboxylic acids is 1. The van der Waals surface area contributed by atoms with E-state index in [-0.39, 0.29) is 12.2 Å². The second-order valence-electron chi connectivity index (χ2n) is 4.22. The Hall–Kier alpha value is -2.77. The van der Waals surface area contributed by atoms with Gasteiger partial charge in [-0.15, -0.1) is 5.10 Å². The minimum absolute atomic E-state index is 0.00219. The highest BCUT2D eigenvalue weighted by Gasteiger charge is 2.20. The van der Waals surface area contributed by atoms with Crippen LogP contribution in [0.15, 0.2) is 30.5 Å². The Morgan fingerprint density at radius 1 is 1.43 bits per heavy atom. The lowest BCUT2D eigenvalue weighted by Crippen LogP contribution is -2.31. The van der Waals surface area contributed by atoms with Crippen molar-refractivity contribution in [2.45, 2.75) is 13.5 Å². The number of hydrogen-bond acceptors (Lipinski definition) is 4. The van der Waals surface area contributed by atoms with Crippen LogP contribution >= 0.6 is 0 Å². The summed E-state index contributed by atoms with van der Waals surface area (Å²) in [5.74, 6) is -2.01. The molecule has 0 aliphatic heterocycles. The molecule has 1 heterocycles. The predicted octanol–water partition coefficient (Wildman–Crippen LogP) is 1.17. The van der Waals surface area contributed by atoms with E-state index in [1.807, 2.05) is 0 Å². The van der Waals surface area contributed by atoms with Gasteiger partial charge in [0, 0.05) is 12.2 Å². The predicted molar refractivity (Wildman–Crippen MR) is 71.4 cm³/mol. The Labute approximate surface area is 119 Å². The van der Waals surface area contributed by atoms with Crippen molar-refractivity contribution in [2.75, 3.05) is 11.4 Å². The lowest BCUT2D eigenvalue weighted by Gasteiger charge is -2.19. The third-order valence-electron chi connectivity index (χ3n) is 2.74. The molecule has 1 aromatic heterocycles. The van der Waals surface area contributed by atoms with Gasteiger partial charge in [-0.2, -0.15) is 0 Å². The maximum absolute atomic E-state index is 13.2. The molecule has 0 fully saturated rings. The SMILES string of the molecule is CCN(C(=O)c1cn(CC(=O)O)nn1)c1cccc(F)c1. The maximum atomic E-state index is 13.2. The molecule has 0 radical (unpaired) electrons. The average molecular weight is 292 g/mol. The molecular weight excluding hydrogens is 279 g/mol. The third-order valence-corrected chi connectivity index (χ3v) is 2.74. The normalized spacial score (nSPS) is 10.4. The minimum atomic E-state index is -1.09. The van der Waals surface area contributed by atoms with E-state index in [1.165, 1.54) is 29.3 Å². The summed E-state index contributed by atoms with van der Waals surface area (Å²) in [4.78, 5) is 24.2. The summed E-state index contributed by atoms with van der Waals surface area (Å²) >= 11 is 0. The van der Waals surface area contributed by atoms with Gasteiger partial charge in [0.25, 0.3) is 5.91 Å². The molecule has 1 aromatic carbocycles. The molecule has 7 nitrogen and oxygen atoms in total. The third kappa shape index (κ3) is 3.41. The van der Waals surface area contributed by atoms with Gasteiger partial charge in [0.1, 0.15) is 12.4 Å². The van der Waals surface area contributed by atoms with Gasteiger partial charge >= 0.3 is 5.97 Å². The standard InChI is InChI=1S/C13H13FN4O3/c1-2-18(10-5-3-4-9(14)6-10)13(21)11-7-17(16-15-11)8-12(19)20/h3-7H,2,8H2,1H3,(H,19,20). The molecular formula is C13H13FN4O3. The molecule has 1 N–H and O–H groups in total. The van der Waals surface area contributed by atoms with Gasteiger partial charge in [0.05, 0.1) is 6.20 Å². The summed E-state index contributed by atoms with van der Waals surface area (Å²) in [7, 11) is 0. The molecule has 0 spiro atoms. The Morgan fingerprint density at radius 3 is 2.81 bits per heavy atom. The van der Waals surface area contributed by atoms with Crippen LogP contribution < -0.4 is 4.90 Å². The average Bonchev–Trinajstić information content (AvgIpc) is 2.87. The molecule has 21 heavy (non-hydrogen) atoms. The van der Waals surface area contributed by atoms with Crippen LogP contribution in [0.4, 0.5) is 10.1 Å². The Morgan fingerprint density at radius 2 is 2.19 bits per heavy atom. The molecule has 8 heteroatoms. The fourth-order valence-corrected chi connectivity index (χ4v) is 1.84. The van der Waals surface area contributed by atoms with Crippen LogP contribution in [0.25, 0.3) is 0 Å². The number of rotatable bonds is 5. The molecule has 0 bridgehead atoms. The van der Waals surface area contributed by atoms with Crippen molar-refractivity contribution < 1.29 is 19.1 Å². The van der Waals surface area contributed by atoms with E-state index in [1.54, 1.807) is 13.0 Å². The number of carbonyl (C=O) groups is 2. The van der Waals surface area contributed by atoms with Gasteiger partial charge in [0.2, 0.25) is 0 Å². The molecule has 110 valence electrons. The fraction of sp³-hybridized carbons (Fsp3) is 0.231. The van der Waals surface area contributed by atoms with Crippen molar-refractivity contribution >= 4 is 17.6 Å². The molecule has 0 saturated carbocycles. The molecule has 0 saturated heterocycles. The number of amides is 1. The molecule has 0 aliphatic carbocycles. The number of halogens is 1. The summed E-state index contributed by atoms with van der Waals surface area (Å²) in [5.41, 5.74) is 0.401. The topological polar surface area (TPSA) is 88.3 Å². The Balaban J connectivity index is 2.24. The van der Waals surface area contributed by atoms with E-state index < -0.39 is 17.7 Å². The van der Waals surface area contributed by atoms with Crippen LogP contribution in [-0.2, 0) is 11.3 Å². The number of aliphatic carboxylic acids is 1. The Kier molecular flexibility index (Phi) is 4.27. The first-order chi connectivity index (χ1) is 10.0. The summed E-state index contributed by atoms with van der Waals surface area (Å²) in [6.45, 7) is 1.67. The van der Waals surface area contributed by atoms with E-state index in [0.29, 0.717) is 12.2 Å². The molecule has 2 rings (SSSR count). The number of carbonyl (C=O) groups excluding carboxylic acids is 1. The molecule has 2 aromatic rings. The first kappa shape index (κ1) is 14.6. The highest BCUT2D eigenvalue weighted by atomic mass is 19.1. The minimum Gasteiger partial charge on any atom is -0.480 e. The summed E-state index contributed by atoms with van der Waals surface area (Å²) < 4.78 is 14.3. The van der Waals surface area contributed by atoms with Crippen LogP contribution in [-0.4, -0.2) is 38.5 Å². The number of carboxylic acid groups (broad SMARTS) is 1. The van der Waals surface area contributed by atoms with Crippen molar-refractivity contribution in [2.24, 2.45) is 0 Å². The van der Waals surface area contributed by atoms with Crippen LogP contribution in [0.3, 0.4) is 0 Å². The fourth-order valence-electron chi connectivity index (χ4n) is 1.84. The van der Waals surface area contributed by atoms with E-state index in [0.717, 1.165) is 4.68 Å². The largest absolute Gasteiger partial charge is 0.480 e. The molecule has 0 unspecified atom stereocenters. The van der Waals surface area contributed by atoms with Gasteiger partial charge in [0.15, 0.2) is 5.69 Å². The van der Waals surface area contributed by atoms with Gasteiger partial charge in [-0.1, -0.05) is 11.3 Å². The van der Waals surface area contributed by atoms with Crippen molar-refractivity contribution in [3.8, 4) is 0 Å². The zero-order chi connectivity index (χ0) is 15.4. The van der Waals surface area contributed by atoms with Gasteiger partial charge < -0.3 is 10.0 Å². The van der Waals surface area contributed by atoms with E-state index in [4.69, 9.17) is 5.11 Å².